The first-order valence-corrected chi connectivity index (χ1v) is 12.4. The fourth-order valence-electron chi connectivity index (χ4n) is 4.39. The fraction of sp³-hybridized carbons (Fsp3) is 0.389. The van der Waals surface area contributed by atoms with Gasteiger partial charge in [-0.25, -0.2) is 9.59 Å². The largest absolute Gasteiger partial charge is 0.393 e. The Kier molecular flexibility index (Phi) is 5.66. The third-order valence-electron chi connectivity index (χ3n) is 5.93. The van der Waals surface area contributed by atoms with E-state index >= 15 is 0 Å². The minimum atomic E-state index is -1.30. The number of non-ortho nitro benzene ring substituents is 1. The highest BCUT2D eigenvalue weighted by Gasteiger charge is 2.91. The van der Waals surface area contributed by atoms with E-state index in [2.05, 4.69) is 27.6 Å². The standard InChI is InChI=1S/C18H15I2N4O6S/c1-9-8-31-17(21-9)24(15(25)12-6-10(22(27)28)2-4-13(12)19)16(26)18(24)7-11(23(29)30)3-5-14(18)20/h2,4,6,8,11,14H,3,5,7H2,1H3/q+1. The molecular weight excluding hydrogens is 654 g/mol. The quantitative estimate of drug-likeness (QED) is 0.0914. The maximum atomic E-state index is 14.0. The molecule has 4 rings (SSSR count). The van der Waals surface area contributed by atoms with Gasteiger partial charge in [0.1, 0.15) is 5.56 Å². The van der Waals surface area contributed by atoms with Crippen LogP contribution >= 0.6 is 56.5 Å². The number of halogens is 2. The molecule has 1 aliphatic heterocycles. The number of rotatable bonds is 4. The van der Waals surface area contributed by atoms with Crippen LogP contribution < -0.4 is 4.48 Å². The van der Waals surface area contributed by atoms with Crippen LogP contribution in [0.1, 0.15) is 35.3 Å². The van der Waals surface area contributed by atoms with E-state index < -0.39 is 32.8 Å². The molecule has 1 aliphatic carbocycles. The van der Waals surface area contributed by atoms with Crippen LogP contribution in [0.25, 0.3) is 0 Å². The Balaban J connectivity index is 1.92. The lowest BCUT2D eigenvalue weighted by molar-refractivity contribution is -0.527. The average Bonchev–Trinajstić information content (AvgIpc) is 2.99. The first kappa shape index (κ1) is 22.6. The third kappa shape index (κ3) is 3.14. The number of quaternary nitrogens is 1. The maximum absolute atomic E-state index is 14.0. The number of nitrogens with zero attached hydrogens (tertiary/aromatic N) is 4. The van der Waals surface area contributed by atoms with Crippen LogP contribution in [0.5, 0.6) is 0 Å². The number of amides is 2. The molecule has 31 heavy (non-hydrogen) atoms. The predicted octanol–water partition coefficient (Wildman–Crippen LogP) is 4.02. The first-order chi connectivity index (χ1) is 14.6. The molecule has 2 fully saturated rings. The molecule has 1 aromatic carbocycles. The zero-order chi connectivity index (χ0) is 22.7. The molecule has 2 amide bonds. The Bertz CT molecular complexity index is 1160. The summed E-state index contributed by atoms with van der Waals surface area (Å²) in [7, 11) is 0. The van der Waals surface area contributed by atoms with Crippen molar-refractivity contribution in [3.8, 4) is 0 Å². The Morgan fingerprint density at radius 1 is 1.32 bits per heavy atom. The minimum absolute atomic E-state index is 0.0414. The number of thiazole rings is 1. The van der Waals surface area contributed by atoms with Gasteiger partial charge in [-0.2, -0.15) is 4.98 Å². The smallest absolute Gasteiger partial charge is 0.264 e. The summed E-state index contributed by atoms with van der Waals surface area (Å²) in [5.41, 5.74) is -0.898. The Hall–Kier alpha value is -1.59. The van der Waals surface area contributed by atoms with Gasteiger partial charge < -0.3 is 0 Å². The van der Waals surface area contributed by atoms with E-state index in [0.717, 1.165) is 11.3 Å². The highest BCUT2D eigenvalue weighted by molar-refractivity contribution is 14.1. The van der Waals surface area contributed by atoms with Gasteiger partial charge in [0.15, 0.2) is 0 Å². The molecule has 13 heteroatoms. The lowest BCUT2D eigenvalue weighted by atomic mass is 9.84. The molecule has 2 aliphatic rings. The van der Waals surface area contributed by atoms with Crippen molar-refractivity contribution in [3.63, 3.8) is 0 Å². The molecule has 1 spiro atoms. The molecule has 0 radical (unpaired) electrons. The molecule has 2 aromatic rings. The molecule has 1 saturated heterocycles. The molecule has 0 N–H and O–H groups in total. The molecule has 4 atom stereocenters. The Morgan fingerprint density at radius 3 is 2.61 bits per heavy atom. The summed E-state index contributed by atoms with van der Waals surface area (Å²) in [6.07, 6.45) is 0.680. The van der Waals surface area contributed by atoms with Crippen molar-refractivity contribution in [2.45, 2.75) is 41.7 Å². The number of hydrogen-bond acceptors (Lipinski definition) is 8. The number of alkyl halides is 1. The SMILES string of the molecule is Cc1csc([N+]2(C(=O)c3cc([N+](=O)[O-])ccc3I)C(=O)C23CC([N+](=O)[O-])CCC3I)n1. The Labute approximate surface area is 207 Å². The number of aryl methyl sites for hydroxylation is 1. The van der Waals surface area contributed by atoms with Crippen LogP contribution in [0.15, 0.2) is 23.6 Å². The number of hydrogen-bond donors (Lipinski definition) is 0. The number of carbonyl (C=O) groups is 2. The monoisotopic (exact) mass is 669 g/mol. The first-order valence-electron chi connectivity index (χ1n) is 9.20. The maximum Gasteiger partial charge on any atom is 0.393 e. The van der Waals surface area contributed by atoms with E-state index in [1.165, 1.54) is 18.2 Å². The van der Waals surface area contributed by atoms with E-state index in [9.17, 15) is 29.8 Å². The van der Waals surface area contributed by atoms with E-state index in [1.54, 1.807) is 12.3 Å². The van der Waals surface area contributed by atoms with Gasteiger partial charge in [0, 0.05) is 32.4 Å². The fourth-order valence-corrected chi connectivity index (χ4v) is 7.27. The van der Waals surface area contributed by atoms with Gasteiger partial charge in [-0.3, -0.25) is 20.2 Å². The third-order valence-corrected chi connectivity index (χ3v) is 9.56. The zero-order valence-electron chi connectivity index (χ0n) is 16.0. The summed E-state index contributed by atoms with van der Waals surface area (Å²) < 4.78 is -0.598. The van der Waals surface area contributed by atoms with E-state index in [0.29, 0.717) is 22.1 Å². The van der Waals surface area contributed by atoms with E-state index in [1.807, 2.05) is 22.6 Å². The number of nitro benzene ring substituents is 1. The Morgan fingerprint density at radius 2 is 2.03 bits per heavy atom. The average molecular weight is 669 g/mol. The van der Waals surface area contributed by atoms with Crippen LogP contribution in [0.2, 0.25) is 0 Å². The van der Waals surface area contributed by atoms with Crippen LogP contribution in [0, 0.1) is 30.7 Å². The second-order valence-electron chi connectivity index (χ2n) is 7.59. The number of aromatic nitrogens is 1. The van der Waals surface area contributed by atoms with E-state index in [-0.39, 0.29) is 31.7 Å². The van der Waals surface area contributed by atoms with Gasteiger partial charge in [0.05, 0.1) is 21.0 Å². The molecule has 10 nitrogen and oxygen atoms in total. The summed E-state index contributed by atoms with van der Waals surface area (Å²) in [6, 6.07) is 2.98. The van der Waals surface area contributed by atoms with Crippen LogP contribution in [0.3, 0.4) is 0 Å². The zero-order valence-corrected chi connectivity index (χ0v) is 21.1. The van der Waals surface area contributed by atoms with Crippen molar-refractivity contribution in [1.82, 2.24) is 9.47 Å². The number of benzene rings is 1. The number of nitro groups is 2. The van der Waals surface area contributed by atoms with Crippen molar-refractivity contribution >= 4 is 79.2 Å². The van der Waals surface area contributed by atoms with Crippen LogP contribution in [-0.2, 0) is 4.79 Å². The number of carbonyl (C=O) groups excluding carboxylic acids is 2. The molecule has 162 valence electrons. The summed E-state index contributed by atoms with van der Waals surface area (Å²) in [4.78, 5) is 53.8. The van der Waals surface area contributed by atoms with Gasteiger partial charge in [-0.1, -0.05) is 33.9 Å². The second kappa shape index (κ2) is 7.77. The summed E-state index contributed by atoms with van der Waals surface area (Å²) in [5.74, 6) is -1.06. The van der Waals surface area contributed by atoms with Crippen LogP contribution in [-0.4, -0.2) is 42.2 Å². The lowest BCUT2D eigenvalue weighted by Gasteiger charge is -2.28. The van der Waals surface area contributed by atoms with Crippen molar-refractivity contribution in [1.29, 1.82) is 0 Å². The van der Waals surface area contributed by atoms with Crippen LogP contribution in [0.4, 0.5) is 10.8 Å². The van der Waals surface area contributed by atoms with E-state index in [4.69, 9.17) is 0 Å². The van der Waals surface area contributed by atoms with Gasteiger partial charge >= 0.3 is 16.9 Å². The molecule has 2 heterocycles. The summed E-state index contributed by atoms with van der Waals surface area (Å²) in [5, 5.41) is 24.8. The highest BCUT2D eigenvalue weighted by atomic mass is 127. The topological polar surface area (TPSA) is 133 Å². The highest BCUT2D eigenvalue weighted by Crippen LogP contribution is 2.60. The molecule has 4 unspecified atom stereocenters. The van der Waals surface area contributed by atoms with Crippen molar-refractivity contribution < 1.29 is 19.4 Å². The molecular formula is C18H15I2N4O6S+. The lowest BCUT2D eigenvalue weighted by Crippen LogP contribution is -2.51. The van der Waals surface area contributed by atoms with Crippen molar-refractivity contribution in [3.05, 3.63) is 58.6 Å². The molecule has 1 aromatic heterocycles. The van der Waals surface area contributed by atoms with Crippen molar-refractivity contribution in [2.24, 2.45) is 0 Å². The van der Waals surface area contributed by atoms with Gasteiger partial charge in [-0.05, 0) is 42.0 Å². The number of imide groups is 1. The summed E-state index contributed by atoms with van der Waals surface area (Å²) in [6.45, 7) is 1.74. The normalized spacial score (nSPS) is 29.7. The van der Waals surface area contributed by atoms with Crippen molar-refractivity contribution in [2.75, 3.05) is 0 Å². The van der Waals surface area contributed by atoms with Gasteiger partial charge in [0.2, 0.25) is 6.04 Å². The molecule has 0 bridgehead atoms. The van der Waals surface area contributed by atoms with Gasteiger partial charge in [0.25, 0.3) is 11.2 Å². The second-order valence-corrected chi connectivity index (χ2v) is 11.1. The summed E-state index contributed by atoms with van der Waals surface area (Å²) >= 11 is 5.16. The van der Waals surface area contributed by atoms with Gasteiger partial charge in [-0.15, -0.1) is 4.48 Å². The minimum Gasteiger partial charge on any atom is -0.264 e. The molecule has 1 saturated carbocycles. The predicted molar refractivity (Wildman–Crippen MR) is 129 cm³/mol.